The number of nitrogens with zero attached hydrogens (tertiary/aromatic N) is 1. The van der Waals surface area contributed by atoms with Gasteiger partial charge in [0.05, 0.1) is 0 Å². The smallest absolute Gasteiger partial charge is 0.0299 e. The van der Waals surface area contributed by atoms with E-state index in [1.165, 1.54) is 18.4 Å². The molecule has 2 nitrogen and oxygen atoms in total. The van der Waals surface area contributed by atoms with Crippen molar-refractivity contribution in [2.45, 2.75) is 39.2 Å². The lowest BCUT2D eigenvalue weighted by Crippen LogP contribution is -2.26. The minimum Gasteiger partial charge on any atom is -0.314 e. The summed E-state index contributed by atoms with van der Waals surface area (Å²) < 4.78 is 0. The Morgan fingerprint density at radius 2 is 2.36 bits per heavy atom. The van der Waals surface area contributed by atoms with Crippen molar-refractivity contribution in [1.82, 2.24) is 10.3 Å². The Bertz CT molecular complexity index is 233. The van der Waals surface area contributed by atoms with Gasteiger partial charge in [0.1, 0.15) is 0 Å². The molecular formula is C12H20N2. The average molecular weight is 192 g/mol. The highest BCUT2D eigenvalue weighted by Gasteiger charge is 1.96. The van der Waals surface area contributed by atoms with Crippen LogP contribution in [0, 0.1) is 0 Å². The number of hydrogen-bond acceptors (Lipinski definition) is 2. The van der Waals surface area contributed by atoms with E-state index in [2.05, 4.69) is 30.2 Å². The van der Waals surface area contributed by atoms with Crippen LogP contribution in [0.15, 0.2) is 24.5 Å². The van der Waals surface area contributed by atoms with Crippen molar-refractivity contribution in [3.05, 3.63) is 30.1 Å². The molecule has 0 saturated carbocycles. The number of pyridine rings is 1. The lowest BCUT2D eigenvalue weighted by Gasteiger charge is -2.10. The zero-order valence-electron chi connectivity index (χ0n) is 9.16. The molecule has 1 aromatic heterocycles. The van der Waals surface area contributed by atoms with Crippen LogP contribution >= 0.6 is 0 Å². The van der Waals surface area contributed by atoms with Gasteiger partial charge in [-0.15, -0.1) is 0 Å². The largest absolute Gasteiger partial charge is 0.314 e. The van der Waals surface area contributed by atoms with Gasteiger partial charge < -0.3 is 5.32 Å². The number of hydrogen-bond donors (Lipinski definition) is 1. The summed E-state index contributed by atoms with van der Waals surface area (Å²) in [6, 6.07) is 4.78. The lowest BCUT2D eigenvalue weighted by molar-refractivity contribution is 0.524. The van der Waals surface area contributed by atoms with E-state index in [4.69, 9.17) is 0 Å². The van der Waals surface area contributed by atoms with Gasteiger partial charge in [0.15, 0.2) is 0 Å². The van der Waals surface area contributed by atoms with Crippen molar-refractivity contribution < 1.29 is 0 Å². The zero-order valence-corrected chi connectivity index (χ0v) is 9.16. The maximum atomic E-state index is 4.09. The van der Waals surface area contributed by atoms with Gasteiger partial charge in [-0.1, -0.05) is 13.0 Å². The van der Waals surface area contributed by atoms with Crippen LogP contribution in [0.1, 0.15) is 32.3 Å². The van der Waals surface area contributed by atoms with Crippen LogP contribution in [0.3, 0.4) is 0 Å². The van der Waals surface area contributed by atoms with Crippen molar-refractivity contribution >= 4 is 0 Å². The summed E-state index contributed by atoms with van der Waals surface area (Å²) in [4.78, 5) is 4.09. The molecule has 1 rings (SSSR count). The van der Waals surface area contributed by atoms with Crippen molar-refractivity contribution in [2.75, 3.05) is 6.54 Å². The topological polar surface area (TPSA) is 24.9 Å². The van der Waals surface area contributed by atoms with E-state index in [1.54, 1.807) is 0 Å². The Hall–Kier alpha value is -0.890. The number of rotatable bonds is 6. The summed E-state index contributed by atoms with van der Waals surface area (Å²) in [6.07, 6.45) is 7.28. The maximum Gasteiger partial charge on any atom is 0.0299 e. The van der Waals surface area contributed by atoms with Crippen molar-refractivity contribution in [3.63, 3.8) is 0 Å². The molecule has 1 aromatic rings. The van der Waals surface area contributed by atoms with E-state index >= 15 is 0 Å². The quantitative estimate of drug-likeness (QED) is 0.700. The molecule has 0 amide bonds. The van der Waals surface area contributed by atoms with Crippen LogP contribution in [-0.2, 0) is 6.42 Å². The minimum atomic E-state index is 0.642. The molecule has 0 radical (unpaired) electrons. The minimum absolute atomic E-state index is 0.642. The molecule has 1 atom stereocenters. The van der Waals surface area contributed by atoms with Crippen LogP contribution < -0.4 is 5.32 Å². The molecule has 1 heterocycles. The highest BCUT2D eigenvalue weighted by atomic mass is 14.9. The van der Waals surface area contributed by atoms with E-state index in [9.17, 15) is 0 Å². The SMILES string of the molecule is CCC(C)NCCCc1cccnc1. The lowest BCUT2D eigenvalue weighted by atomic mass is 10.1. The number of aromatic nitrogens is 1. The summed E-state index contributed by atoms with van der Waals surface area (Å²) in [5.74, 6) is 0. The Morgan fingerprint density at radius 3 is 3.00 bits per heavy atom. The summed E-state index contributed by atoms with van der Waals surface area (Å²) in [5.41, 5.74) is 1.33. The van der Waals surface area contributed by atoms with Gasteiger partial charge >= 0.3 is 0 Å². The third-order valence-electron chi connectivity index (χ3n) is 2.47. The van der Waals surface area contributed by atoms with Gasteiger partial charge in [0.25, 0.3) is 0 Å². The van der Waals surface area contributed by atoms with E-state index in [0.29, 0.717) is 6.04 Å². The van der Waals surface area contributed by atoms with Crippen LogP contribution in [-0.4, -0.2) is 17.6 Å². The van der Waals surface area contributed by atoms with Gasteiger partial charge in [-0.3, -0.25) is 4.98 Å². The molecule has 0 aliphatic heterocycles. The van der Waals surface area contributed by atoms with E-state index < -0.39 is 0 Å². The van der Waals surface area contributed by atoms with Crippen molar-refractivity contribution in [1.29, 1.82) is 0 Å². The second kappa shape index (κ2) is 6.55. The summed E-state index contributed by atoms with van der Waals surface area (Å²) >= 11 is 0. The molecule has 78 valence electrons. The summed E-state index contributed by atoms with van der Waals surface area (Å²) in [6.45, 7) is 5.53. The summed E-state index contributed by atoms with van der Waals surface area (Å²) in [7, 11) is 0. The van der Waals surface area contributed by atoms with Crippen molar-refractivity contribution in [2.24, 2.45) is 0 Å². The van der Waals surface area contributed by atoms with E-state index in [0.717, 1.165) is 13.0 Å². The molecule has 14 heavy (non-hydrogen) atoms. The molecule has 0 bridgehead atoms. The highest BCUT2D eigenvalue weighted by molar-refractivity contribution is 5.08. The zero-order chi connectivity index (χ0) is 10.2. The fraction of sp³-hybridized carbons (Fsp3) is 0.583. The van der Waals surface area contributed by atoms with Crippen LogP contribution in [0.5, 0.6) is 0 Å². The first-order valence-electron chi connectivity index (χ1n) is 5.45. The first kappa shape index (κ1) is 11.2. The molecule has 0 aromatic carbocycles. The molecule has 0 aliphatic rings. The Morgan fingerprint density at radius 1 is 1.50 bits per heavy atom. The van der Waals surface area contributed by atoms with Gasteiger partial charge in [0.2, 0.25) is 0 Å². The normalized spacial score (nSPS) is 12.7. The predicted molar refractivity (Wildman–Crippen MR) is 60.3 cm³/mol. The van der Waals surface area contributed by atoms with Crippen LogP contribution in [0.4, 0.5) is 0 Å². The molecular weight excluding hydrogens is 172 g/mol. The predicted octanol–water partition coefficient (Wildman–Crippen LogP) is 2.40. The third-order valence-corrected chi connectivity index (χ3v) is 2.47. The molecule has 0 spiro atoms. The van der Waals surface area contributed by atoms with Gasteiger partial charge in [0, 0.05) is 18.4 Å². The fourth-order valence-corrected chi connectivity index (χ4v) is 1.33. The van der Waals surface area contributed by atoms with Crippen LogP contribution in [0.2, 0.25) is 0 Å². The van der Waals surface area contributed by atoms with Gasteiger partial charge in [-0.25, -0.2) is 0 Å². The highest BCUT2D eigenvalue weighted by Crippen LogP contribution is 1.99. The molecule has 0 aliphatic carbocycles. The molecule has 1 unspecified atom stereocenters. The fourth-order valence-electron chi connectivity index (χ4n) is 1.33. The van der Waals surface area contributed by atoms with Crippen molar-refractivity contribution in [3.8, 4) is 0 Å². The van der Waals surface area contributed by atoms with E-state index in [1.807, 2.05) is 18.5 Å². The van der Waals surface area contributed by atoms with E-state index in [-0.39, 0.29) is 0 Å². The van der Waals surface area contributed by atoms with Gasteiger partial charge in [-0.05, 0) is 44.4 Å². The first-order chi connectivity index (χ1) is 6.83. The molecule has 0 saturated heterocycles. The van der Waals surface area contributed by atoms with Crippen LogP contribution in [0.25, 0.3) is 0 Å². The number of nitrogens with one attached hydrogen (secondary N) is 1. The molecule has 0 fully saturated rings. The monoisotopic (exact) mass is 192 g/mol. The third kappa shape index (κ3) is 4.38. The summed E-state index contributed by atoms with van der Waals surface area (Å²) in [5, 5.41) is 3.48. The second-order valence-electron chi connectivity index (χ2n) is 3.73. The standard InChI is InChI=1S/C12H20N2/c1-3-11(2)14-9-5-7-12-6-4-8-13-10-12/h4,6,8,10-11,14H,3,5,7,9H2,1-2H3. The Kier molecular flexibility index (Phi) is 5.23. The van der Waals surface area contributed by atoms with Gasteiger partial charge in [-0.2, -0.15) is 0 Å². The Labute approximate surface area is 86.8 Å². The molecule has 2 heteroatoms. The average Bonchev–Trinajstić information content (AvgIpc) is 2.25. The first-order valence-corrected chi connectivity index (χ1v) is 5.45. The maximum absolute atomic E-state index is 4.09. The second-order valence-corrected chi connectivity index (χ2v) is 3.73. The Balaban J connectivity index is 2.10. The number of aryl methyl sites for hydroxylation is 1. The molecule has 1 N–H and O–H groups in total.